The lowest BCUT2D eigenvalue weighted by molar-refractivity contribution is 0.112. The summed E-state index contributed by atoms with van der Waals surface area (Å²) >= 11 is 5.69. The Labute approximate surface area is 108 Å². The van der Waals surface area contributed by atoms with Gasteiger partial charge in [-0.2, -0.15) is 0 Å². The van der Waals surface area contributed by atoms with Crippen molar-refractivity contribution in [1.29, 1.82) is 0 Å². The number of aromatic nitrogens is 1. The van der Waals surface area contributed by atoms with Crippen molar-refractivity contribution in [3.8, 4) is 17.0 Å². The third kappa shape index (κ3) is 2.19. The standard InChI is InChI=1S/C13H9ClFNO2/c1-18-13-11(7-17)9(4-5-16-13)10-3-2-8(14)6-12(10)15/h2-7H,1H3. The highest BCUT2D eigenvalue weighted by Crippen LogP contribution is 2.30. The predicted molar refractivity (Wildman–Crippen MR) is 66.6 cm³/mol. The lowest BCUT2D eigenvalue weighted by Gasteiger charge is -2.09. The Morgan fingerprint density at radius 1 is 1.33 bits per heavy atom. The molecule has 0 amide bonds. The molecule has 0 spiro atoms. The molecule has 1 aromatic carbocycles. The predicted octanol–water partition coefficient (Wildman–Crippen LogP) is 3.36. The van der Waals surface area contributed by atoms with E-state index >= 15 is 0 Å². The van der Waals surface area contributed by atoms with Gasteiger partial charge in [0.1, 0.15) is 5.82 Å². The summed E-state index contributed by atoms with van der Waals surface area (Å²) in [7, 11) is 1.40. The van der Waals surface area contributed by atoms with E-state index < -0.39 is 5.82 Å². The summed E-state index contributed by atoms with van der Waals surface area (Å²) in [5.74, 6) is -0.337. The summed E-state index contributed by atoms with van der Waals surface area (Å²) in [6.07, 6.45) is 2.05. The van der Waals surface area contributed by atoms with Crippen molar-refractivity contribution < 1.29 is 13.9 Å². The molecule has 0 atom stereocenters. The van der Waals surface area contributed by atoms with E-state index in [2.05, 4.69) is 4.98 Å². The van der Waals surface area contributed by atoms with Crippen molar-refractivity contribution in [3.05, 3.63) is 46.9 Å². The summed E-state index contributed by atoms with van der Waals surface area (Å²) in [6, 6.07) is 5.82. The van der Waals surface area contributed by atoms with Crippen molar-refractivity contribution in [2.75, 3.05) is 7.11 Å². The largest absolute Gasteiger partial charge is 0.480 e. The van der Waals surface area contributed by atoms with E-state index in [9.17, 15) is 9.18 Å². The van der Waals surface area contributed by atoms with E-state index in [-0.39, 0.29) is 17.0 Å². The Hall–Kier alpha value is -1.94. The number of ether oxygens (including phenoxy) is 1. The molecule has 0 aliphatic rings. The molecule has 0 aliphatic heterocycles. The number of halogens is 2. The Bertz CT molecular complexity index is 602. The average Bonchev–Trinajstić information content (AvgIpc) is 2.37. The normalized spacial score (nSPS) is 10.2. The van der Waals surface area contributed by atoms with Gasteiger partial charge in [-0.15, -0.1) is 0 Å². The molecule has 0 aliphatic carbocycles. The Kier molecular flexibility index (Phi) is 3.58. The molecule has 0 radical (unpaired) electrons. The fourth-order valence-electron chi connectivity index (χ4n) is 1.67. The number of carbonyl (C=O) groups excluding carboxylic acids is 1. The monoisotopic (exact) mass is 265 g/mol. The Morgan fingerprint density at radius 2 is 2.11 bits per heavy atom. The second-order valence-electron chi connectivity index (χ2n) is 3.52. The zero-order chi connectivity index (χ0) is 13.1. The first kappa shape index (κ1) is 12.5. The number of methoxy groups -OCH3 is 1. The minimum absolute atomic E-state index is 0.164. The minimum atomic E-state index is -0.501. The molecule has 92 valence electrons. The Morgan fingerprint density at radius 3 is 2.72 bits per heavy atom. The fraction of sp³-hybridized carbons (Fsp3) is 0.0769. The summed E-state index contributed by atoms with van der Waals surface area (Å²) < 4.78 is 18.8. The van der Waals surface area contributed by atoms with Gasteiger partial charge >= 0.3 is 0 Å². The molecular weight excluding hydrogens is 257 g/mol. The first-order valence-electron chi connectivity index (χ1n) is 5.11. The summed E-state index contributed by atoms with van der Waals surface area (Å²) in [5.41, 5.74) is 0.912. The second kappa shape index (κ2) is 5.14. The van der Waals surface area contributed by atoms with Gasteiger partial charge in [-0.05, 0) is 24.3 Å². The van der Waals surface area contributed by atoms with Crippen LogP contribution in [0.5, 0.6) is 5.88 Å². The third-order valence-corrected chi connectivity index (χ3v) is 2.72. The lowest BCUT2D eigenvalue weighted by atomic mass is 10.0. The van der Waals surface area contributed by atoms with Crippen LogP contribution in [-0.4, -0.2) is 18.4 Å². The van der Waals surface area contributed by atoms with Crippen molar-refractivity contribution in [2.24, 2.45) is 0 Å². The average molecular weight is 266 g/mol. The van der Waals surface area contributed by atoms with Crippen molar-refractivity contribution in [1.82, 2.24) is 4.98 Å². The van der Waals surface area contributed by atoms with E-state index in [1.54, 1.807) is 12.1 Å². The van der Waals surface area contributed by atoms with Crippen LogP contribution in [0.2, 0.25) is 5.02 Å². The second-order valence-corrected chi connectivity index (χ2v) is 3.96. The molecule has 0 bridgehead atoms. The zero-order valence-corrected chi connectivity index (χ0v) is 10.2. The van der Waals surface area contributed by atoms with E-state index in [1.807, 2.05) is 0 Å². The van der Waals surface area contributed by atoms with Gasteiger partial charge in [0, 0.05) is 22.3 Å². The van der Waals surface area contributed by atoms with Crippen molar-refractivity contribution >= 4 is 17.9 Å². The lowest BCUT2D eigenvalue weighted by Crippen LogP contribution is -1.97. The molecule has 0 saturated carbocycles. The molecular formula is C13H9ClFNO2. The van der Waals surface area contributed by atoms with Gasteiger partial charge in [0.25, 0.3) is 0 Å². The van der Waals surface area contributed by atoms with Gasteiger partial charge < -0.3 is 4.74 Å². The smallest absolute Gasteiger partial charge is 0.224 e. The highest BCUT2D eigenvalue weighted by Gasteiger charge is 2.14. The van der Waals surface area contributed by atoms with E-state index in [4.69, 9.17) is 16.3 Å². The number of nitrogens with zero attached hydrogens (tertiary/aromatic N) is 1. The van der Waals surface area contributed by atoms with Crippen LogP contribution in [0.4, 0.5) is 4.39 Å². The zero-order valence-electron chi connectivity index (χ0n) is 9.48. The summed E-state index contributed by atoms with van der Waals surface area (Å²) in [5, 5.41) is 0.296. The molecule has 18 heavy (non-hydrogen) atoms. The maximum atomic E-state index is 13.8. The number of benzene rings is 1. The third-order valence-electron chi connectivity index (χ3n) is 2.49. The molecule has 1 heterocycles. The first-order valence-corrected chi connectivity index (χ1v) is 5.48. The van der Waals surface area contributed by atoms with Gasteiger partial charge in [-0.3, -0.25) is 4.79 Å². The van der Waals surface area contributed by atoms with Crippen LogP contribution in [0.3, 0.4) is 0 Å². The van der Waals surface area contributed by atoms with Gasteiger partial charge in [-0.25, -0.2) is 9.37 Å². The van der Waals surface area contributed by atoms with Crippen LogP contribution in [-0.2, 0) is 0 Å². The number of aldehydes is 1. The highest BCUT2D eigenvalue weighted by molar-refractivity contribution is 6.30. The van der Waals surface area contributed by atoms with Crippen LogP contribution in [0.15, 0.2) is 30.5 Å². The number of hydrogen-bond acceptors (Lipinski definition) is 3. The first-order chi connectivity index (χ1) is 8.67. The molecule has 2 aromatic rings. The minimum Gasteiger partial charge on any atom is -0.480 e. The van der Waals surface area contributed by atoms with Crippen LogP contribution in [0, 0.1) is 5.82 Å². The summed E-state index contributed by atoms with van der Waals surface area (Å²) in [6.45, 7) is 0. The van der Waals surface area contributed by atoms with E-state index in [0.717, 1.165) is 0 Å². The van der Waals surface area contributed by atoms with Crippen LogP contribution < -0.4 is 4.74 Å². The van der Waals surface area contributed by atoms with Crippen LogP contribution >= 0.6 is 11.6 Å². The number of carbonyl (C=O) groups is 1. The molecule has 0 N–H and O–H groups in total. The SMILES string of the molecule is COc1nccc(-c2ccc(Cl)cc2F)c1C=O. The Balaban J connectivity index is 2.67. The fourth-order valence-corrected chi connectivity index (χ4v) is 1.83. The molecule has 5 heteroatoms. The maximum absolute atomic E-state index is 13.8. The van der Waals surface area contributed by atoms with Gasteiger partial charge in [0.15, 0.2) is 6.29 Å². The van der Waals surface area contributed by atoms with Gasteiger partial charge in [-0.1, -0.05) is 11.6 Å². The number of rotatable bonds is 3. The summed E-state index contributed by atoms with van der Waals surface area (Å²) in [4.78, 5) is 15.0. The molecule has 3 nitrogen and oxygen atoms in total. The molecule has 0 fully saturated rings. The number of hydrogen-bond donors (Lipinski definition) is 0. The highest BCUT2D eigenvalue weighted by atomic mass is 35.5. The van der Waals surface area contributed by atoms with E-state index in [0.29, 0.717) is 16.9 Å². The molecule has 0 unspecified atom stereocenters. The van der Waals surface area contributed by atoms with Crippen molar-refractivity contribution in [3.63, 3.8) is 0 Å². The topological polar surface area (TPSA) is 39.2 Å². The van der Waals surface area contributed by atoms with Crippen LogP contribution in [0.1, 0.15) is 10.4 Å². The molecule has 1 aromatic heterocycles. The number of pyridine rings is 1. The van der Waals surface area contributed by atoms with Gasteiger partial charge in [0.05, 0.1) is 12.7 Å². The quantitative estimate of drug-likeness (QED) is 0.799. The molecule has 0 saturated heterocycles. The van der Waals surface area contributed by atoms with Gasteiger partial charge in [0.2, 0.25) is 5.88 Å². The molecule has 2 rings (SSSR count). The van der Waals surface area contributed by atoms with Crippen LogP contribution in [0.25, 0.3) is 11.1 Å². The van der Waals surface area contributed by atoms with E-state index in [1.165, 1.54) is 25.4 Å². The maximum Gasteiger partial charge on any atom is 0.224 e. The van der Waals surface area contributed by atoms with Crippen molar-refractivity contribution in [2.45, 2.75) is 0 Å².